The van der Waals surface area contributed by atoms with E-state index in [0.717, 1.165) is 22.3 Å². The van der Waals surface area contributed by atoms with Crippen LogP contribution in [-0.4, -0.2) is 43.8 Å². The number of hydrogen-bond acceptors (Lipinski definition) is 7. The number of ether oxygens (including phenoxy) is 1. The third-order valence-electron chi connectivity index (χ3n) is 6.23. The monoisotopic (exact) mass is 529 g/mol. The van der Waals surface area contributed by atoms with E-state index in [-0.39, 0.29) is 36.4 Å². The van der Waals surface area contributed by atoms with E-state index in [9.17, 15) is 17.6 Å². The number of carbonyl (C=O) groups is 1. The van der Waals surface area contributed by atoms with E-state index in [1.807, 2.05) is 18.2 Å². The fraction of sp³-hybridized carbons (Fsp3) is 0.280. The Hall–Kier alpha value is -3.28. The summed E-state index contributed by atoms with van der Waals surface area (Å²) >= 11 is 1.39. The second kappa shape index (κ2) is 10.00. The Kier molecular flexibility index (Phi) is 6.78. The highest BCUT2D eigenvalue weighted by atomic mass is 32.2. The van der Waals surface area contributed by atoms with Crippen LogP contribution in [0.1, 0.15) is 18.6 Å². The molecule has 0 bridgehead atoms. The van der Waals surface area contributed by atoms with E-state index in [1.54, 1.807) is 30.4 Å². The van der Waals surface area contributed by atoms with Crippen molar-refractivity contribution in [3.05, 3.63) is 72.4 Å². The molecule has 1 aliphatic heterocycles. The van der Waals surface area contributed by atoms with Crippen LogP contribution >= 0.6 is 11.3 Å². The Bertz CT molecular complexity index is 1460. The van der Waals surface area contributed by atoms with Crippen molar-refractivity contribution in [3.63, 3.8) is 0 Å². The summed E-state index contributed by atoms with van der Waals surface area (Å²) in [6, 6.07) is 13.9. The number of benzene rings is 2. The second-order valence-corrected chi connectivity index (χ2v) is 11.4. The van der Waals surface area contributed by atoms with Crippen molar-refractivity contribution < 1.29 is 26.8 Å². The molecule has 5 rings (SSSR count). The van der Waals surface area contributed by atoms with Crippen molar-refractivity contribution in [1.82, 2.24) is 9.29 Å². The van der Waals surface area contributed by atoms with Gasteiger partial charge in [-0.05, 0) is 67.4 Å². The van der Waals surface area contributed by atoms with Crippen molar-refractivity contribution in [2.45, 2.75) is 24.3 Å². The van der Waals surface area contributed by atoms with Crippen molar-refractivity contribution >= 4 is 42.6 Å². The maximum absolute atomic E-state index is 13.7. The summed E-state index contributed by atoms with van der Waals surface area (Å²) in [4.78, 5) is 20.0. The zero-order valence-electron chi connectivity index (χ0n) is 19.5. The van der Waals surface area contributed by atoms with Gasteiger partial charge < -0.3 is 9.15 Å². The normalized spacial score (nSPS) is 15.3. The summed E-state index contributed by atoms with van der Waals surface area (Å²) in [6.45, 7) is 0.611. The minimum atomic E-state index is -3.76. The van der Waals surface area contributed by atoms with Gasteiger partial charge in [-0.2, -0.15) is 4.31 Å². The van der Waals surface area contributed by atoms with E-state index >= 15 is 0 Å². The maximum atomic E-state index is 13.7. The number of aromatic nitrogens is 1. The fourth-order valence-corrected chi connectivity index (χ4v) is 6.72. The fourth-order valence-electron chi connectivity index (χ4n) is 4.25. The highest BCUT2D eigenvalue weighted by molar-refractivity contribution is 7.89. The van der Waals surface area contributed by atoms with Gasteiger partial charge in [-0.15, -0.1) is 0 Å². The lowest BCUT2D eigenvalue weighted by Crippen LogP contribution is -2.44. The zero-order valence-corrected chi connectivity index (χ0v) is 21.1. The number of amides is 1. The van der Waals surface area contributed by atoms with E-state index in [1.165, 1.54) is 27.8 Å². The minimum Gasteiger partial charge on any atom is -0.497 e. The highest BCUT2D eigenvalue weighted by Gasteiger charge is 2.35. The number of methoxy groups -OCH3 is 1. The van der Waals surface area contributed by atoms with Crippen LogP contribution < -0.4 is 9.64 Å². The number of piperidine rings is 1. The van der Waals surface area contributed by atoms with Crippen LogP contribution in [-0.2, 0) is 21.4 Å². The molecule has 188 valence electrons. The topological polar surface area (TPSA) is 92.9 Å². The largest absolute Gasteiger partial charge is 0.497 e. The van der Waals surface area contributed by atoms with Gasteiger partial charge in [-0.1, -0.05) is 11.3 Å². The predicted molar refractivity (Wildman–Crippen MR) is 134 cm³/mol. The Morgan fingerprint density at radius 2 is 1.94 bits per heavy atom. The summed E-state index contributed by atoms with van der Waals surface area (Å²) < 4.78 is 52.2. The van der Waals surface area contributed by atoms with Crippen molar-refractivity contribution in [1.29, 1.82) is 0 Å². The number of anilines is 1. The first kappa shape index (κ1) is 24.4. The van der Waals surface area contributed by atoms with Gasteiger partial charge in [0, 0.05) is 19.0 Å². The van der Waals surface area contributed by atoms with Gasteiger partial charge in [-0.25, -0.2) is 17.8 Å². The third-order valence-corrected chi connectivity index (χ3v) is 9.18. The van der Waals surface area contributed by atoms with Crippen LogP contribution in [0.5, 0.6) is 5.75 Å². The molecule has 2 aromatic heterocycles. The van der Waals surface area contributed by atoms with Crippen LogP contribution in [0, 0.1) is 11.7 Å². The Morgan fingerprint density at radius 1 is 1.19 bits per heavy atom. The van der Waals surface area contributed by atoms with E-state index in [4.69, 9.17) is 9.15 Å². The van der Waals surface area contributed by atoms with Crippen LogP contribution in [0.2, 0.25) is 0 Å². The molecule has 11 heteroatoms. The van der Waals surface area contributed by atoms with E-state index in [0.29, 0.717) is 29.5 Å². The lowest BCUT2D eigenvalue weighted by molar-refractivity contribution is -0.123. The average Bonchev–Trinajstić information content (AvgIpc) is 3.56. The molecule has 1 saturated heterocycles. The van der Waals surface area contributed by atoms with Gasteiger partial charge in [-0.3, -0.25) is 9.69 Å². The number of sulfonamides is 1. The molecule has 0 aliphatic carbocycles. The lowest BCUT2D eigenvalue weighted by atomic mass is 9.96. The second-order valence-electron chi connectivity index (χ2n) is 8.47. The van der Waals surface area contributed by atoms with Gasteiger partial charge >= 0.3 is 0 Å². The van der Waals surface area contributed by atoms with Crippen LogP contribution in [0.15, 0.2) is 70.2 Å². The Labute approximate surface area is 212 Å². The number of hydrogen-bond donors (Lipinski definition) is 0. The SMILES string of the molecule is COc1ccc2nc(N(Cc3ccco3)C(=O)C3CCN(S(=O)(=O)c4ccc(F)cc4)CC3)sc2c1. The first-order valence-electron chi connectivity index (χ1n) is 11.4. The predicted octanol–water partition coefficient (Wildman–Crippen LogP) is 4.67. The number of fused-ring (bicyclic) bond motifs is 1. The molecule has 2 aromatic carbocycles. The molecular formula is C25H24FN3O5S2. The molecule has 1 aliphatic rings. The molecule has 1 amide bonds. The van der Waals surface area contributed by atoms with Gasteiger partial charge in [0.15, 0.2) is 5.13 Å². The summed E-state index contributed by atoms with van der Waals surface area (Å²) in [5.74, 6) is 0.327. The van der Waals surface area contributed by atoms with Gasteiger partial charge in [0.2, 0.25) is 15.9 Å². The standard InChI is InChI=1S/C25H24FN3O5S2/c1-33-19-6-9-22-23(15-19)35-25(27-22)29(16-20-3-2-14-34-20)24(30)17-10-12-28(13-11-17)36(31,32)21-7-4-18(26)5-8-21/h2-9,14-15,17H,10-13,16H2,1H3. The Morgan fingerprint density at radius 3 is 2.61 bits per heavy atom. The van der Waals surface area contributed by atoms with Crippen molar-refractivity contribution in [2.24, 2.45) is 5.92 Å². The van der Waals surface area contributed by atoms with Crippen LogP contribution in [0.3, 0.4) is 0 Å². The number of furan rings is 1. The highest BCUT2D eigenvalue weighted by Crippen LogP contribution is 2.34. The number of nitrogens with zero attached hydrogens (tertiary/aromatic N) is 3. The quantitative estimate of drug-likeness (QED) is 0.345. The maximum Gasteiger partial charge on any atom is 0.243 e. The Balaban J connectivity index is 1.36. The molecule has 0 saturated carbocycles. The summed E-state index contributed by atoms with van der Waals surface area (Å²) in [5, 5.41) is 0.543. The first-order chi connectivity index (χ1) is 17.3. The van der Waals surface area contributed by atoms with Gasteiger partial charge in [0.1, 0.15) is 17.3 Å². The molecule has 36 heavy (non-hydrogen) atoms. The van der Waals surface area contributed by atoms with Crippen LogP contribution in [0.4, 0.5) is 9.52 Å². The minimum absolute atomic E-state index is 0.0398. The van der Waals surface area contributed by atoms with E-state index < -0.39 is 15.8 Å². The first-order valence-corrected chi connectivity index (χ1v) is 13.6. The molecule has 0 N–H and O–H groups in total. The summed E-state index contributed by atoms with van der Waals surface area (Å²) in [5.41, 5.74) is 0.758. The number of rotatable bonds is 7. The smallest absolute Gasteiger partial charge is 0.243 e. The lowest BCUT2D eigenvalue weighted by Gasteiger charge is -2.32. The van der Waals surface area contributed by atoms with Crippen LogP contribution in [0.25, 0.3) is 10.2 Å². The third kappa shape index (κ3) is 4.86. The molecular weight excluding hydrogens is 505 g/mol. The molecule has 0 spiro atoms. The van der Waals surface area contributed by atoms with Crippen molar-refractivity contribution in [3.8, 4) is 5.75 Å². The molecule has 0 radical (unpaired) electrons. The van der Waals surface area contributed by atoms with Gasteiger partial charge in [0.05, 0.1) is 35.0 Å². The zero-order chi connectivity index (χ0) is 25.3. The number of carbonyl (C=O) groups excluding carboxylic acids is 1. The molecule has 4 aromatic rings. The summed E-state index contributed by atoms with van der Waals surface area (Å²) in [6.07, 6.45) is 2.29. The molecule has 8 nitrogen and oxygen atoms in total. The molecule has 3 heterocycles. The van der Waals surface area contributed by atoms with Gasteiger partial charge in [0.25, 0.3) is 0 Å². The molecule has 0 atom stereocenters. The van der Waals surface area contributed by atoms with Crippen molar-refractivity contribution in [2.75, 3.05) is 25.1 Å². The molecule has 1 fully saturated rings. The summed E-state index contributed by atoms with van der Waals surface area (Å²) in [7, 11) is -2.16. The molecule has 0 unspecified atom stereocenters. The number of halogens is 1. The average molecular weight is 530 g/mol. The number of thiazole rings is 1. The van der Waals surface area contributed by atoms with E-state index in [2.05, 4.69) is 4.98 Å².